The number of carbonyl (C=O) groups excluding carboxylic acids is 1. The summed E-state index contributed by atoms with van der Waals surface area (Å²) < 4.78 is 49.6. The predicted octanol–water partition coefficient (Wildman–Crippen LogP) is 3.54. The average Bonchev–Trinajstić information content (AvgIpc) is 3.09. The van der Waals surface area contributed by atoms with E-state index in [4.69, 9.17) is 4.74 Å². The van der Waals surface area contributed by atoms with Crippen LogP contribution in [-0.4, -0.2) is 23.8 Å². The number of halogens is 3. The van der Waals surface area contributed by atoms with Gasteiger partial charge in [-0.15, -0.1) is 0 Å². The highest BCUT2D eigenvalue weighted by molar-refractivity contribution is 7.07. The summed E-state index contributed by atoms with van der Waals surface area (Å²) in [4.78, 5) is 31.0. The molecule has 0 amide bonds. The van der Waals surface area contributed by atoms with Gasteiger partial charge >= 0.3 is 12.6 Å². The Morgan fingerprint density at radius 1 is 1.18 bits per heavy atom. The number of hydrogen-bond donors (Lipinski definition) is 0. The first kappa shape index (κ1) is 23.5. The number of benzene rings is 2. The maximum atomic E-state index is 13.6. The van der Waals surface area contributed by atoms with Gasteiger partial charge in [-0.05, 0) is 55.3 Å². The van der Waals surface area contributed by atoms with Gasteiger partial charge in [-0.1, -0.05) is 35.6 Å². The fourth-order valence-electron chi connectivity index (χ4n) is 3.65. The average molecular weight is 488 g/mol. The Kier molecular flexibility index (Phi) is 6.69. The third-order valence-corrected chi connectivity index (χ3v) is 6.09. The van der Waals surface area contributed by atoms with Gasteiger partial charge in [0.2, 0.25) is 0 Å². The van der Waals surface area contributed by atoms with Crippen LogP contribution < -0.4 is 19.6 Å². The van der Waals surface area contributed by atoms with Crippen molar-refractivity contribution >= 4 is 23.4 Å². The molecule has 0 aliphatic carbocycles. The molecule has 176 valence electrons. The molecular weight excluding hydrogens is 469 g/mol. The van der Waals surface area contributed by atoms with Crippen LogP contribution >= 0.6 is 11.3 Å². The number of hydrogen-bond acceptors (Lipinski definition) is 6. The normalized spacial score (nSPS) is 15.8. The summed E-state index contributed by atoms with van der Waals surface area (Å²) in [5.41, 5.74) is 1.31. The fourth-order valence-corrected chi connectivity index (χ4v) is 4.70. The molecule has 1 aliphatic heterocycles. The minimum Gasteiger partial charge on any atom is -0.463 e. The molecule has 2 heterocycles. The Morgan fingerprint density at radius 2 is 1.85 bits per heavy atom. The number of esters is 1. The number of rotatable bonds is 6. The van der Waals surface area contributed by atoms with Crippen molar-refractivity contribution in [1.82, 2.24) is 4.57 Å². The van der Waals surface area contributed by atoms with E-state index in [-0.39, 0.29) is 17.9 Å². The van der Waals surface area contributed by atoms with E-state index in [1.54, 1.807) is 32.1 Å². The van der Waals surface area contributed by atoms with Crippen LogP contribution in [0.5, 0.6) is 5.75 Å². The molecule has 0 saturated carbocycles. The van der Waals surface area contributed by atoms with Crippen molar-refractivity contribution in [2.75, 3.05) is 6.61 Å². The zero-order chi connectivity index (χ0) is 24.4. The number of carbonyl (C=O) groups is 1. The second-order valence-corrected chi connectivity index (χ2v) is 8.31. The van der Waals surface area contributed by atoms with E-state index >= 15 is 0 Å². The first-order valence-electron chi connectivity index (χ1n) is 10.3. The summed E-state index contributed by atoms with van der Waals surface area (Å²) in [5.74, 6) is -1.06. The van der Waals surface area contributed by atoms with Crippen LogP contribution in [-0.2, 0) is 9.53 Å². The van der Waals surface area contributed by atoms with E-state index in [1.807, 2.05) is 0 Å². The number of thiazole rings is 1. The molecule has 3 aromatic rings. The van der Waals surface area contributed by atoms with Crippen LogP contribution in [0.25, 0.3) is 6.08 Å². The highest BCUT2D eigenvalue weighted by atomic mass is 32.1. The van der Waals surface area contributed by atoms with Crippen LogP contribution in [0.4, 0.5) is 13.2 Å². The van der Waals surface area contributed by atoms with Crippen molar-refractivity contribution in [3.05, 3.63) is 96.4 Å². The number of ether oxygens (including phenoxy) is 2. The Balaban J connectivity index is 1.85. The largest absolute Gasteiger partial charge is 0.463 e. The molecule has 6 nitrogen and oxygen atoms in total. The van der Waals surface area contributed by atoms with E-state index in [2.05, 4.69) is 9.73 Å². The second kappa shape index (κ2) is 9.68. The van der Waals surface area contributed by atoms with Crippen molar-refractivity contribution in [2.24, 2.45) is 4.99 Å². The summed E-state index contributed by atoms with van der Waals surface area (Å²) in [6, 6.07) is 10.5. The van der Waals surface area contributed by atoms with Crippen LogP contribution in [0.3, 0.4) is 0 Å². The van der Waals surface area contributed by atoms with Crippen molar-refractivity contribution in [2.45, 2.75) is 26.5 Å². The zero-order valence-corrected chi connectivity index (χ0v) is 18.9. The molecule has 0 unspecified atom stereocenters. The molecule has 1 aliphatic rings. The monoisotopic (exact) mass is 488 g/mol. The highest BCUT2D eigenvalue weighted by Gasteiger charge is 2.33. The molecule has 1 atom stereocenters. The van der Waals surface area contributed by atoms with Gasteiger partial charge in [0.1, 0.15) is 11.6 Å². The summed E-state index contributed by atoms with van der Waals surface area (Å²) in [6.07, 6.45) is 1.60. The molecule has 0 bridgehead atoms. The van der Waals surface area contributed by atoms with Crippen molar-refractivity contribution < 1.29 is 27.4 Å². The van der Waals surface area contributed by atoms with E-state index in [0.717, 1.165) is 11.3 Å². The van der Waals surface area contributed by atoms with Gasteiger partial charge in [0.25, 0.3) is 5.56 Å². The zero-order valence-electron chi connectivity index (χ0n) is 18.1. The van der Waals surface area contributed by atoms with E-state index < -0.39 is 30.0 Å². The van der Waals surface area contributed by atoms with Crippen molar-refractivity contribution in [3.8, 4) is 5.75 Å². The Labute approximate surface area is 195 Å². The topological polar surface area (TPSA) is 69.9 Å². The summed E-state index contributed by atoms with van der Waals surface area (Å²) in [6.45, 7) is 0.536. The lowest BCUT2D eigenvalue weighted by Gasteiger charge is -2.24. The smallest absolute Gasteiger partial charge is 0.387 e. The van der Waals surface area contributed by atoms with Crippen LogP contribution in [0.2, 0.25) is 0 Å². The van der Waals surface area contributed by atoms with Gasteiger partial charge in [-0.3, -0.25) is 9.36 Å². The van der Waals surface area contributed by atoms with E-state index in [9.17, 15) is 22.8 Å². The summed E-state index contributed by atoms with van der Waals surface area (Å²) >= 11 is 1.12. The first-order valence-corrected chi connectivity index (χ1v) is 11.1. The molecule has 2 aromatic carbocycles. The van der Waals surface area contributed by atoms with Gasteiger partial charge in [-0.2, -0.15) is 8.78 Å². The highest BCUT2D eigenvalue weighted by Crippen LogP contribution is 2.30. The molecule has 10 heteroatoms. The van der Waals surface area contributed by atoms with Gasteiger partial charge in [0.05, 0.1) is 28.5 Å². The molecule has 1 aromatic heterocycles. The Bertz CT molecular complexity index is 1420. The lowest BCUT2D eigenvalue weighted by molar-refractivity contribution is -0.139. The lowest BCUT2D eigenvalue weighted by atomic mass is 9.96. The Hall–Kier alpha value is -3.66. The number of allylic oxidation sites excluding steroid dienone is 1. The molecular formula is C24H19F3N2O4S. The minimum absolute atomic E-state index is 0.000349. The van der Waals surface area contributed by atoms with Gasteiger partial charge in [-0.25, -0.2) is 14.2 Å². The molecule has 0 N–H and O–H groups in total. The molecule has 0 fully saturated rings. The van der Waals surface area contributed by atoms with E-state index in [0.29, 0.717) is 26.2 Å². The Morgan fingerprint density at radius 3 is 2.47 bits per heavy atom. The maximum absolute atomic E-state index is 13.6. The number of aromatic nitrogens is 1. The fraction of sp³-hybridized carbons (Fsp3) is 0.208. The minimum atomic E-state index is -2.93. The molecule has 4 rings (SSSR count). The third-order valence-electron chi connectivity index (χ3n) is 5.11. The maximum Gasteiger partial charge on any atom is 0.387 e. The molecule has 34 heavy (non-hydrogen) atoms. The summed E-state index contributed by atoms with van der Waals surface area (Å²) in [7, 11) is 0. The van der Waals surface area contributed by atoms with Crippen molar-refractivity contribution in [3.63, 3.8) is 0 Å². The summed E-state index contributed by atoms with van der Waals surface area (Å²) in [5, 5.41) is 0. The first-order chi connectivity index (χ1) is 16.3. The quantitative estimate of drug-likeness (QED) is 0.498. The van der Waals surface area contributed by atoms with Crippen LogP contribution in [0, 0.1) is 5.82 Å². The van der Waals surface area contributed by atoms with Crippen LogP contribution in [0.15, 0.2) is 69.6 Å². The predicted molar refractivity (Wildman–Crippen MR) is 120 cm³/mol. The SMILES string of the molecule is CCOC(=O)C1=C(C)N=c2s/c(=C\c3ccc(OC(F)F)cc3)c(=O)n2[C@H]1c1ccc(F)cc1. The number of fused-ring (bicyclic) bond motifs is 1. The van der Waals surface area contributed by atoms with Crippen molar-refractivity contribution in [1.29, 1.82) is 0 Å². The third kappa shape index (κ3) is 4.67. The number of alkyl halides is 2. The number of nitrogens with zero attached hydrogens (tertiary/aromatic N) is 2. The molecule has 0 radical (unpaired) electrons. The van der Waals surface area contributed by atoms with Gasteiger partial charge in [0, 0.05) is 0 Å². The molecule has 0 spiro atoms. The lowest BCUT2D eigenvalue weighted by Crippen LogP contribution is -2.39. The van der Waals surface area contributed by atoms with Gasteiger partial charge in [0.15, 0.2) is 4.80 Å². The van der Waals surface area contributed by atoms with E-state index in [1.165, 1.54) is 41.0 Å². The van der Waals surface area contributed by atoms with Gasteiger partial charge < -0.3 is 9.47 Å². The van der Waals surface area contributed by atoms with Crippen LogP contribution in [0.1, 0.15) is 31.0 Å². The second-order valence-electron chi connectivity index (χ2n) is 7.30. The molecule has 0 saturated heterocycles. The standard InChI is InChI=1S/C24H19F3N2O4S/c1-3-32-22(31)19-13(2)28-24-29(20(19)15-6-8-16(25)9-7-15)21(30)18(34-24)12-14-4-10-17(11-5-14)33-23(26)27/h4-12,20,23H,3H2,1-2H3/b18-12-/t20-/m0/s1.